The summed E-state index contributed by atoms with van der Waals surface area (Å²) in [6.07, 6.45) is 7.01. The average Bonchev–Trinajstić information content (AvgIpc) is 2.49. The summed E-state index contributed by atoms with van der Waals surface area (Å²) >= 11 is 0. The summed E-state index contributed by atoms with van der Waals surface area (Å²) in [5.74, 6) is 0.206. The highest BCUT2D eigenvalue weighted by Gasteiger charge is 2.31. The molecule has 0 aromatic heterocycles. The zero-order chi connectivity index (χ0) is 14.4. The van der Waals surface area contributed by atoms with Crippen molar-refractivity contribution in [3.63, 3.8) is 0 Å². The number of allylic oxidation sites excluding steroid dienone is 2. The Morgan fingerprint density at radius 2 is 2.10 bits per heavy atom. The predicted molar refractivity (Wildman–Crippen MR) is 80.3 cm³/mol. The van der Waals surface area contributed by atoms with Gasteiger partial charge in [-0.2, -0.15) is 0 Å². The third kappa shape index (κ3) is 3.48. The number of carbonyl (C=O) groups excluding carboxylic acids is 1. The van der Waals surface area contributed by atoms with Crippen LogP contribution in [0.15, 0.2) is 42.5 Å². The van der Waals surface area contributed by atoms with Crippen molar-refractivity contribution >= 4 is 5.91 Å². The molecule has 0 radical (unpaired) electrons. The monoisotopic (exact) mass is 273 g/mol. The van der Waals surface area contributed by atoms with Crippen molar-refractivity contribution in [3.8, 4) is 0 Å². The van der Waals surface area contributed by atoms with Crippen molar-refractivity contribution in [1.29, 1.82) is 0 Å². The van der Waals surface area contributed by atoms with Crippen LogP contribution in [0.25, 0.3) is 0 Å². The molecular formula is C17H23NO2. The molecule has 0 saturated heterocycles. The lowest BCUT2D eigenvalue weighted by Gasteiger charge is -2.32. The fourth-order valence-corrected chi connectivity index (χ4v) is 2.69. The van der Waals surface area contributed by atoms with Crippen molar-refractivity contribution in [2.24, 2.45) is 5.92 Å². The Morgan fingerprint density at radius 3 is 2.70 bits per heavy atom. The van der Waals surface area contributed by atoms with Crippen LogP contribution in [0.4, 0.5) is 0 Å². The third-order valence-corrected chi connectivity index (χ3v) is 3.88. The van der Waals surface area contributed by atoms with E-state index in [1.165, 1.54) is 0 Å². The van der Waals surface area contributed by atoms with Crippen LogP contribution in [0.2, 0.25) is 0 Å². The van der Waals surface area contributed by atoms with Crippen molar-refractivity contribution in [2.45, 2.75) is 31.7 Å². The summed E-state index contributed by atoms with van der Waals surface area (Å²) in [6.45, 7) is 2.48. The second-order valence-corrected chi connectivity index (χ2v) is 5.60. The zero-order valence-electron chi connectivity index (χ0n) is 12.3. The van der Waals surface area contributed by atoms with Gasteiger partial charge in [-0.15, -0.1) is 0 Å². The first-order valence-electron chi connectivity index (χ1n) is 7.17. The third-order valence-electron chi connectivity index (χ3n) is 3.88. The zero-order valence-corrected chi connectivity index (χ0v) is 12.3. The van der Waals surface area contributed by atoms with Crippen LogP contribution >= 0.6 is 0 Å². The summed E-state index contributed by atoms with van der Waals surface area (Å²) in [6, 6.07) is 10.0. The molecule has 2 rings (SSSR count). The van der Waals surface area contributed by atoms with Crippen LogP contribution in [-0.2, 0) is 15.1 Å². The summed E-state index contributed by atoms with van der Waals surface area (Å²) in [5, 5.41) is 3.18. The number of amides is 1. The summed E-state index contributed by atoms with van der Waals surface area (Å²) in [5.41, 5.74) is 0.593. The van der Waals surface area contributed by atoms with Gasteiger partial charge in [-0.25, -0.2) is 0 Å². The number of hydrogen-bond acceptors (Lipinski definition) is 2. The van der Waals surface area contributed by atoms with Gasteiger partial charge in [0, 0.05) is 13.0 Å². The van der Waals surface area contributed by atoms with Gasteiger partial charge in [0.15, 0.2) is 0 Å². The molecule has 0 heterocycles. The van der Waals surface area contributed by atoms with Crippen LogP contribution in [0.5, 0.6) is 0 Å². The number of ether oxygens (including phenoxy) is 1. The van der Waals surface area contributed by atoms with Gasteiger partial charge in [-0.1, -0.05) is 42.5 Å². The van der Waals surface area contributed by atoms with E-state index in [9.17, 15) is 4.79 Å². The van der Waals surface area contributed by atoms with E-state index in [0.717, 1.165) is 24.8 Å². The van der Waals surface area contributed by atoms with Gasteiger partial charge >= 0.3 is 0 Å². The lowest BCUT2D eigenvalue weighted by Crippen LogP contribution is -2.49. The molecule has 3 heteroatoms. The van der Waals surface area contributed by atoms with E-state index in [-0.39, 0.29) is 11.8 Å². The Labute approximate surface area is 121 Å². The fraction of sp³-hybridized carbons (Fsp3) is 0.471. The summed E-state index contributed by atoms with van der Waals surface area (Å²) in [4.78, 5) is 12.5. The van der Waals surface area contributed by atoms with Crippen molar-refractivity contribution in [2.75, 3.05) is 13.7 Å². The number of methoxy groups -OCH3 is 1. The minimum atomic E-state index is -0.478. The van der Waals surface area contributed by atoms with E-state index in [1.54, 1.807) is 7.11 Å². The first kappa shape index (κ1) is 14.8. The van der Waals surface area contributed by atoms with E-state index in [2.05, 4.69) is 17.5 Å². The molecule has 1 N–H and O–H groups in total. The molecule has 1 aromatic rings. The highest BCUT2D eigenvalue weighted by molar-refractivity contribution is 5.80. The number of hydrogen-bond donors (Lipinski definition) is 1. The normalized spacial score (nSPS) is 21.2. The molecule has 1 aromatic carbocycles. The van der Waals surface area contributed by atoms with Gasteiger partial charge in [-0.05, 0) is 31.7 Å². The molecule has 0 unspecified atom stereocenters. The minimum absolute atomic E-state index is 0.0832. The van der Waals surface area contributed by atoms with Gasteiger partial charge in [0.25, 0.3) is 0 Å². The Morgan fingerprint density at radius 1 is 1.35 bits per heavy atom. The molecule has 1 aliphatic rings. The van der Waals surface area contributed by atoms with Crippen LogP contribution in [0, 0.1) is 5.92 Å². The predicted octanol–water partition coefficient (Wildman–Crippen LogP) is 3.02. The molecule has 0 fully saturated rings. The van der Waals surface area contributed by atoms with Gasteiger partial charge in [0.2, 0.25) is 5.91 Å². The molecular weight excluding hydrogens is 250 g/mol. The fourth-order valence-electron chi connectivity index (χ4n) is 2.69. The number of benzene rings is 1. The quantitative estimate of drug-likeness (QED) is 0.837. The largest absolute Gasteiger partial charge is 0.382 e. The average molecular weight is 273 g/mol. The molecule has 2 atom stereocenters. The molecule has 0 saturated carbocycles. The molecule has 1 aliphatic carbocycles. The van der Waals surface area contributed by atoms with Gasteiger partial charge in [-0.3, -0.25) is 4.79 Å². The van der Waals surface area contributed by atoms with Gasteiger partial charge in [0.1, 0.15) is 0 Å². The first-order valence-corrected chi connectivity index (χ1v) is 7.17. The van der Waals surface area contributed by atoms with Gasteiger partial charge in [0.05, 0.1) is 12.1 Å². The van der Waals surface area contributed by atoms with E-state index < -0.39 is 5.54 Å². The molecule has 3 nitrogen and oxygen atoms in total. The molecule has 20 heavy (non-hydrogen) atoms. The van der Waals surface area contributed by atoms with Crippen molar-refractivity contribution < 1.29 is 9.53 Å². The molecule has 0 spiro atoms. The van der Waals surface area contributed by atoms with E-state index in [0.29, 0.717) is 6.61 Å². The minimum Gasteiger partial charge on any atom is -0.382 e. The Hall–Kier alpha value is -1.61. The topological polar surface area (TPSA) is 38.3 Å². The Kier molecular flexibility index (Phi) is 4.96. The number of nitrogens with one attached hydrogen (secondary N) is 1. The van der Waals surface area contributed by atoms with Crippen LogP contribution in [0.1, 0.15) is 31.7 Å². The molecule has 0 bridgehead atoms. The van der Waals surface area contributed by atoms with E-state index in [4.69, 9.17) is 4.74 Å². The SMILES string of the molecule is COC[C@@](C)(NC(=O)[C@@H]1CC=CCC1)c1ccccc1. The van der Waals surface area contributed by atoms with Crippen LogP contribution < -0.4 is 5.32 Å². The summed E-state index contributed by atoms with van der Waals surface area (Å²) in [7, 11) is 1.66. The number of rotatable bonds is 5. The molecule has 108 valence electrons. The van der Waals surface area contributed by atoms with Crippen LogP contribution in [0.3, 0.4) is 0 Å². The highest BCUT2D eigenvalue weighted by Crippen LogP contribution is 2.24. The van der Waals surface area contributed by atoms with Crippen molar-refractivity contribution in [1.82, 2.24) is 5.32 Å². The van der Waals surface area contributed by atoms with E-state index >= 15 is 0 Å². The van der Waals surface area contributed by atoms with Gasteiger partial charge < -0.3 is 10.1 Å². The molecule has 1 amide bonds. The number of carbonyl (C=O) groups is 1. The van der Waals surface area contributed by atoms with Crippen molar-refractivity contribution in [3.05, 3.63) is 48.0 Å². The Balaban J connectivity index is 2.12. The maximum Gasteiger partial charge on any atom is 0.224 e. The maximum absolute atomic E-state index is 12.5. The molecule has 0 aliphatic heterocycles. The highest BCUT2D eigenvalue weighted by atomic mass is 16.5. The Bertz CT molecular complexity index is 469. The summed E-state index contributed by atoms with van der Waals surface area (Å²) < 4.78 is 5.32. The lowest BCUT2D eigenvalue weighted by atomic mass is 9.89. The van der Waals surface area contributed by atoms with E-state index in [1.807, 2.05) is 37.3 Å². The smallest absolute Gasteiger partial charge is 0.224 e. The van der Waals surface area contributed by atoms with Crippen LogP contribution in [-0.4, -0.2) is 19.6 Å². The maximum atomic E-state index is 12.5. The standard InChI is InChI=1S/C17H23NO2/c1-17(13-20-2,15-11-7-4-8-12-15)18-16(19)14-9-5-3-6-10-14/h3-5,7-8,11-12,14H,6,9-10,13H2,1-2H3,(H,18,19)/t14-,17-/m1/s1. The second-order valence-electron chi connectivity index (χ2n) is 5.60. The lowest BCUT2D eigenvalue weighted by molar-refractivity contribution is -0.127. The second kappa shape index (κ2) is 6.71. The first-order chi connectivity index (χ1) is 9.65.